The van der Waals surface area contributed by atoms with E-state index in [4.69, 9.17) is 4.74 Å². The highest BCUT2D eigenvalue weighted by Crippen LogP contribution is 2.20. The number of nitrogens with one attached hydrogen (secondary N) is 2. The first-order valence-electron chi connectivity index (χ1n) is 9.11. The SMILES string of the molecule is CC(C)C(=O)Nc1ccc2c(c1)nc(CCNC(=O)[C@@H]1CCCO1)n2C. The number of benzene rings is 1. The van der Waals surface area contributed by atoms with Crippen LogP contribution in [0.4, 0.5) is 5.69 Å². The smallest absolute Gasteiger partial charge is 0.249 e. The monoisotopic (exact) mass is 358 g/mol. The third-order valence-electron chi connectivity index (χ3n) is 4.64. The van der Waals surface area contributed by atoms with Crippen LogP contribution in [0.1, 0.15) is 32.5 Å². The predicted octanol–water partition coefficient (Wildman–Crippen LogP) is 2.01. The second-order valence-corrected chi connectivity index (χ2v) is 6.98. The highest BCUT2D eigenvalue weighted by Gasteiger charge is 2.23. The summed E-state index contributed by atoms with van der Waals surface area (Å²) in [6.45, 7) is 4.90. The zero-order chi connectivity index (χ0) is 18.7. The topological polar surface area (TPSA) is 85.2 Å². The van der Waals surface area contributed by atoms with Crippen molar-refractivity contribution in [1.82, 2.24) is 14.9 Å². The van der Waals surface area contributed by atoms with Gasteiger partial charge in [-0.3, -0.25) is 9.59 Å². The van der Waals surface area contributed by atoms with E-state index in [2.05, 4.69) is 15.6 Å². The molecule has 0 unspecified atom stereocenters. The van der Waals surface area contributed by atoms with E-state index in [1.54, 1.807) is 0 Å². The third kappa shape index (κ3) is 4.04. The van der Waals surface area contributed by atoms with Crippen LogP contribution in [0, 0.1) is 5.92 Å². The fourth-order valence-electron chi connectivity index (χ4n) is 3.03. The molecule has 2 aromatic rings. The number of nitrogens with zero attached hydrogens (tertiary/aromatic N) is 2. The van der Waals surface area contributed by atoms with Crippen LogP contribution in [0.15, 0.2) is 18.2 Å². The van der Waals surface area contributed by atoms with Gasteiger partial charge < -0.3 is 19.9 Å². The van der Waals surface area contributed by atoms with Gasteiger partial charge >= 0.3 is 0 Å². The van der Waals surface area contributed by atoms with Gasteiger partial charge in [0.1, 0.15) is 11.9 Å². The molecule has 1 aromatic heterocycles. The molecule has 140 valence electrons. The molecule has 2 amide bonds. The first-order chi connectivity index (χ1) is 12.5. The number of hydrogen-bond donors (Lipinski definition) is 2. The van der Waals surface area contributed by atoms with Crippen molar-refractivity contribution < 1.29 is 14.3 Å². The Balaban J connectivity index is 1.64. The fraction of sp³-hybridized carbons (Fsp3) is 0.526. The summed E-state index contributed by atoms with van der Waals surface area (Å²) in [6.07, 6.45) is 2.07. The number of ether oxygens (including phenoxy) is 1. The summed E-state index contributed by atoms with van der Waals surface area (Å²) in [7, 11) is 1.96. The molecular formula is C19H26N4O3. The lowest BCUT2D eigenvalue weighted by Gasteiger charge is -2.10. The highest BCUT2D eigenvalue weighted by molar-refractivity contribution is 5.94. The average molecular weight is 358 g/mol. The Kier molecular flexibility index (Phi) is 5.56. The maximum Gasteiger partial charge on any atom is 0.249 e. The maximum absolute atomic E-state index is 12.0. The van der Waals surface area contributed by atoms with E-state index in [9.17, 15) is 9.59 Å². The van der Waals surface area contributed by atoms with Crippen LogP contribution in [0.2, 0.25) is 0 Å². The summed E-state index contributed by atoms with van der Waals surface area (Å²) in [6, 6.07) is 5.71. The number of imidazole rings is 1. The molecule has 0 radical (unpaired) electrons. The minimum Gasteiger partial charge on any atom is -0.368 e. The summed E-state index contributed by atoms with van der Waals surface area (Å²) >= 11 is 0. The molecule has 1 aromatic carbocycles. The Morgan fingerprint density at radius 1 is 1.38 bits per heavy atom. The number of amides is 2. The van der Waals surface area contributed by atoms with E-state index in [1.165, 1.54) is 0 Å². The molecule has 7 nitrogen and oxygen atoms in total. The number of aromatic nitrogens is 2. The first-order valence-corrected chi connectivity index (χ1v) is 9.11. The Morgan fingerprint density at radius 3 is 2.88 bits per heavy atom. The number of carbonyl (C=O) groups is 2. The molecule has 1 atom stereocenters. The molecule has 3 rings (SSSR count). The molecule has 1 fully saturated rings. The third-order valence-corrected chi connectivity index (χ3v) is 4.64. The van der Waals surface area contributed by atoms with Crippen molar-refractivity contribution in [2.45, 2.75) is 39.2 Å². The highest BCUT2D eigenvalue weighted by atomic mass is 16.5. The second kappa shape index (κ2) is 7.86. The Labute approximate surface area is 153 Å². The van der Waals surface area contributed by atoms with E-state index in [0.29, 0.717) is 19.6 Å². The molecule has 1 aliphatic heterocycles. The van der Waals surface area contributed by atoms with Gasteiger partial charge in [0.2, 0.25) is 11.8 Å². The normalized spacial score (nSPS) is 17.0. The van der Waals surface area contributed by atoms with Gasteiger partial charge in [-0.05, 0) is 31.0 Å². The van der Waals surface area contributed by atoms with Crippen LogP contribution in [-0.2, 0) is 27.8 Å². The molecule has 0 saturated carbocycles. The van der Waals surface area contributed by atoms with Gasteiger partial charge in [0.05, 0.1) is 11.0 Å². The van der Waals surface area contributed by atoms with Crippen LogP contribution >= 0.6 is 0 Å². The molecule has 0 spiro atoms. The summed E-state index contributed by atoms with van der Waals surface area (Å²) in [5.74, 6) is 0.759. The molecule has 0 bridgehead atoms. The molecule has 0 aliphatic carbocycles. The number of hydrogen-bond acceptors (Lipinski definition) is 4. The minimum absolute atomic E-state index is 0.0163. The van der Waals surface area contributed by atoms with Crippen molar-refractivity contribution in [2.75, 3.05) is 18.5 Å². The standard InChI is InChI=1S/C19H26N4O3/c1-12(2)18(24)21-13-6-7-15-14(11-13)22-17(23(15)3)8-9-20-19(25)16-5-4-10-26-16/h6-7,11-12,16H,4-5,8-10H2,1-3H3,(H,20,25)(H,21,24)/t16-/m0/s1. The summed E-state index contributed by atoms with van der Waals surface area (Å²) in [5, 5.41) is 5.81. The predicted molar refractivity (Wildman–Crippen MR) is 99.9 cm³/mol. The first kappa shape index (κ1) is 18.4. The quantitative estimate of drug-likeness (QED) is 0.827. The van der Waals surface area contributed by atoms with Gasteiger partial charge in [-0.2, -0.15) is 0 Å². The number of rotatable bonds is 6. The van der Waals surface area contributed by atoms with Gasteiger partial charge in [-0.1, -0.05) is 13.8 Å². The average Bonchev–Trinajstić information content (AvgIpc) is 3.24. The molecule has 1 aliphatic rings. The lowest BCUT2D eigenvalue weighted by molar-refractivity contribution is -0.130. The summed E-state index contributed by atoms with van der Waals surface area (Å²) < 4.78 is 7.40. The van der Waals surface area contributed by atoms with Crippen molar-refractivity contribution in [3.63, 3.8) is 0 Å². The number of aryl methyl sites for hydroxylation is 1. The number of carbonyl (C=O) groups excluding carboxylic acids is 2. The van der Waals surface area contributed by atoms with Crippen molar-refractivity contribution in [3.8, 4) is 0 Å². The molecular weight excluding hydrogens is 332 g/mol. The fourth-order valence-corrected chi connectivity index (χ4v) is 3.03. The lowest BCUT2D eigenvalue weighted by atomic mass is 10.2. The van der Waals surface area contributed by atoms with Gasteiger partial charge in [0.15, 0.2) is 0 Å². The van der Waals surface area contributed by atoms with Crippen molar-refractivity contribution >= 4 is 28.5 Å². The Hall–Kier alpha value is -2.41. The largest absolute Gasteiger partial charge is 0.368 e. The van der Waals surface area contributed by atoms with E-state index in [0.717, 1.165) is 35.4 Å². The minimum atomic E-state index is -0.303. The van der Waals surface area contributed by atoms with E-state index in [-0.39, 0.29) is 23.8 Å². The summed E-state index contributed by atoms with van der Waals surface area (Å²) in [4.78, 5) is 28.5. The summed E-state index contributed by atoms with van der Waals surface area (Å²) in [5.41, 5.74) is 2.56. The van der Waals surface area contributed by atoms with Crippen molar-refractivity contribution in [3.05, 3.63) is 24.0 Å². The van der Waals surface area contributed by atoms with Crippen molar-refractivity contribution in [1.29, 1.82) is 0 Å². The lowest BCUT2D eigenvalue weighted by Crippen LogP contribution is -2.35. The molecule has 2 N–H and O–H groups in total. The van der Waals surface area contributed by atoms with E-state index in [1.807, 2.05) is 43.7 Å². The van der Waals surface area contributed by atoms with Crippen LogP contribution in [0.5, 0.6) is 0 Å². The Morgan fingerprint density at radius 2 is 2.19 bits per heavy atom. The molecule has 7 heteroatoms. The van der Waals surface area contributed by atoms with Crippen LogP contribution in [0.3, 0.4) is 0 Å². The number of anilines is 1. The molecule has 26 heavy (non-hydrogen) atoms. The molecule has 1 saturated heterocycles. The zero-order valence-corrected chi connectivity index (χ0v) is 15.5. The van der Waals surface area contributed by atoms with E-state index >= 15 is 0 Å². The van der Waals surface area contributed by atoms with Gasteiger partial charge in [0.25, 0.3) is 0 Å². The van der Waals surface area contributed by atoms with Crippen LogP contribution < -0.4 is 10.6 Å². The number of fused-ring (bicyclic) bond motifs is 1. The van der Waals surface area contributed by atoms with Crippen molar-refractivity contribution in [2.24, 2.45) is 13.0 Å². The van der Waals surface area contributed by atoms with Gasteiger partial charge in [0, 0.05) is 38.2 Å². The second-order valence-electron chi connectivity index (χ2n) is 6.98. The van der Waals surface area contributed by atoms with Crippen LogP contribution in [-0.4, -0.2) is 40.6 Å². The van der Waals surface area contributed by atoms with Crippen LogP contribution in [0.25, 0.3) is 11.0 Å². The Bertz CT molecular complexity index is 806. The molecule has 2 heterocycles. The zero-order valence-electron chi connectivity index (χ0n) is 15.5. The van der Waals surface area contributed by atoms with Gasteiger partial charge in [-0.25, -0.2) is 4.98 Å². The van der Waals surface area contributed by atoms with E-state index < -0.39 is 0 Å². The van der Waals surface area contributed by atoms with Gasteiger partial charge in [-0.15, -0.1) is 0 Å². The maximum atomic E-state index is 12.0.